The Kier molecular flexibility index (Phi) is 2.99. The van der Waals surface area contributed by atoms with Crippen LogP contribution in [0.15, 0.2) is 24.7 Å². The number of aryl methyl sites for hydroxylation is 1. The van der Waals surface area contributed by atoms with Gasteiger partial charge >= 0.3 is 5.97 Å². The zero-order chi connectivity index (χ0) is 12.3. The molecule has 2 heterocycles. The van der Waals surface area contributed by atoms with Gasteiger partial charge in [0.2, 0.25) is 5.82 Å². The molecule has 0 aromatic carbocycles. The van der Waals surface area contributed by atoms with Crippen molar-refractivity contribution in [2.45, 2.75) is 0 Å². The quantitative estimate of drug-likeness (QED) is 0.787. The second kappa shape index (κ2) is 4.60. The summed E-state index contributed by atoms with van der Waals surface area (Å²) in [7, 11) is 3.10. The fraction of sp³-hybridized carbons (Fsp3) is 0.200. The van der Waals surface area contributed by atoms with Crippen LogP contribution in [0.25, 0.3) is 0 Å². The van der Waals surface area contributed by atoms with Gasteiger partial charge in [0, 0.05) is 19.4 Å². The zero-order valence-corrected chi connectivity index (χ0v) is 9.41. The maximum absolute atomic E-state index is 11.2. The van der Waals surface area contributed by atoms with Gasteiger partial charge in [-0.05, 0) is 6.07 Å². The van der Waals surface area contributed by atoms with Crippen LogP contribution >= 0.6 is 0 Å². The van der Waals surface area contributed by atoms with E-state index in [0.29, 0.717) is 5.82 Å². The molecule has 88 valence electrons. The summed E-state index contributed by atoms with van der Waals surface area (Å²) >= 11 is 0. The van der Waals surface area contributed by atoms with Crippen LogP contribution in [0.2, 0.25) is 0 Å². The number of rotatable bonds is 3. The second-order valence-electron chi connectivity index (χ2n) is 3.28. The van der Waals surface area contributed by atoms with Crippen molar-refractivity contribution in [3.63, 3.8) is 0 Å². The van der Waals surface area contributed by atoms with E-state index in [4.69, 9.17) is 0 Å². The molecule has 1 N–H and O–H groups in total. The molecule has 0 aliphatic rings. The van der Waals surface area contributed by atoms with Gasteiger partial charge in [-0.3, -0.25) is 4.68 Å². The third-order valence-corrected chi connectivity index (χ3v) is 2.00. The number of anilines is 2. The number of hydrogen-bond donors (Lipinski definition) is 1. The lowest BCUT2D eigenvalue weighted by molar-refractivity contribution is 0.0587. The Morgan fingerprint density at radius 2 is 2.35 bits per heavy atom. The Morgan fingerprint density at radius 3 is 3.00 bits per heavy atom. The summed E-state index contributed by atoms with van der Waals surface area (Å²) in [6.45, 7) is 0. The number of ether oxygens (including phenoxy) is 1. The molecule has 0 saturated carbocycles. The average molecular weight is 233 g/mol. The highest BCUT2D eigenvalue weighted by molar-refractivity contribution is 5.85. The molecule has 17 heavy (non-hydrogen) atoms. The van der Waals surface area contributed by atoms with Crippen molar-refractivity contribution in [1.29, 1.82) is 0 Å². The third kappa shape index (κ3) is 2.57. The molecule has 0 atom stereocenters. The molecule has 7 heteroatoms. The number of esters is 1. The minimum absolute atomic E-state index is 0.0152. The zero-order valence-electron chi connectivity index (χ0n) is 9.41. The van der Waals surface area contributed by atoms with Gasteiger partial charge in [-0.15, -0.1) is 0 Å². The maximum Gasteiger partial charge on any atom is 0.376 e. The van der Waals surface area contributed by atoms with Crippen molar-refractivity contribution in [3.05, 3.63) is 30.5 Å². The fourth-order valence-corrected chi connectivity index (χ4v) is 1.25. The monoisotopic (exact) mass is 233 g/mol. The molecule has 0 radical (unpaired) electrons. The van der Waals surface area contributed by atoms with Crippen LogP contribution in [0.4, 0.5) is 11.5 Å². The van der Waals surface area contributed by atoms with Crippen molar-refractivity contribution in [2.24, 2.45) is 7.05 Å². The smallest absolute Gasteiger partial charge is 0.376 e. The van der Waals surface area contributed by atoms with Gasteiger partial charge in [0.1, 0.15) is 5.82 Å². The van der Waals surface area contributed by atoms with Gasteiger partial charge in [0.15, 0.2) is 0 Å². The number of nitrogens with zero attached hydrogens (tertiary/aromatic N) is 4. The second-order valence-corrected chi connectivity index (χ2v) is 3.28. The molecule has 2 rings (SSSR count). The molecule has 0 unspecified atom stereocenters. The van der Waals surface area contributed by atoms with Crippen LogP contribution in [0.5, 0.6) is 0 Å². The maximum atomic E-state index is 11.2. The van der Waals surface area contributed by atoms with Gasteiger partial charge in [-0.2, -0.15) is 5.10 Å². The highest BCUT2D eigenvalue weighted by atomic mass is 16.5. The lowest BCUT2D eigenvalue weighted by atomic mass is 10.5. The Morgan fingerprint density at radius 1 is 1.53 bits per heavy atom. The first-order valence-corrected chi connectivity index (χ1v) is 4.86. The van der Waals surface area contributed by atoms with Gasteiger partial charge < -0.3 is 10.1 Å². The van der Waals surface area contributed by atoms with Crippen molar-refractivity contribution in [3.8, 4) is 0 Å². The molecule has 0 saturated heterocycles. The Bertz CT molecular complexity index is 537. The lowest BCUT2D eigenvalue weighted by Crippen LogP contribution is -2.08. The Balaban J connectivity index is 2.19. The third-order valence-electron chi connectivity index (χ3n) is 2.00. The summed E-state index contributed by atoms with van der Waals surface area (Å²) in [5.41, 5.74) is 0.780. The van der Waals surface area contributed by atoms with Crippen molar-refractivity contribution >= 4 is 17.5 Å². The SMILES string of the molecule is COC(=O)c1nccc(Nc2cnn(C)c2)n1. The molecular formula is C10H11N5O2. The van der Waals surface area contributed by atoms with E-state index in [1.54, 1.807) is 23.1 Å². The number of methoxy groups -OCH3 is 1. The molecular weight excluding hydrogens is 222 g/mol. The van der Waals surface area contributed by atoms with Gasteiger partial charge in [0.05, 0.1) is 19.0 Å². The van der Waals surface area contributed by atoms with Crippen molar-refractivity contribution in [2.75, 3.05) is 12.4 Å². The summed E-state index contributed by atoms with van der Waals surface area (Å²) in [4.78, 5) is 19.1. The van der Waals surface area contributed by atoms with Gasteiger partial charge in [-0.25, -0.2) is 14.8 Å². The van der Waals surface area contributed by atoms with Crippen LogP contribution < -0.4 is 5.32 Å². The van der Waals surface area contributed by atoms with Crippen LogP contribution in [0.1, 0.15) is 10.6 Å². The van der Waals surface area contributed by atoms with Crippen LogP contribution in [-0.2, 0) is 11.8 Å². The molecule has 2 aromatic heterocycles. The molecule has 2 aromatic rings. The van der Waals surface area contributed by atoms with Gasteiger partial charge in [0.25, 0.3) is 0 Å². The summed E-state index contributed by atoms with van der Waals surface area (Å²) in [5.74, 6) is -0.0466. The minimum atomic E-state index is -0.570. The molecule has 0 aliphatic heterocycles. The first kappa shape index (κ1) is 11.1. The highest BCUT2D eigenvalue weighted by Gasteiger charge is 2.09. The molecule has 0 spiro atoms. The molecule has 0 bridgehead atoms. The van der Waals surface area contributed by atoms with E-state index in [1.807, 2.05) is 7.05 Å². The first-order valence-electron chi connectivity index (χ1n) is 4.86. The number of hydrogen-bond acceptors (Lipinski definition) is 6. The fourth-order valence-electron chi connectivity index (χ4n) is 1.25. The molecule has 7 nitrogen and oxygen atoms in total. The molecule has 0 amide bonds. The normalized spacial score (nSPS) is 10.0. The number of aromatic nitrogens is 4. The van der Waals surface area contributed by atoms with Crippen LogP contribution in [0.3, 0.4) is 0 Å². The number of carbonyl (C=O) groups is 1. The predicted molar refractivity (Wildman–Crippen MR) is 59.9 cm³/mol. The number of carbonyl (C=O) groups excluding carboxylic acids is 1. The topological polar surface area (TPSA) is 81.9 Å². The first-order chi connectivity index (χ1) is 8.19. The van der Waals surface area contributed by atoms with E-state index in [2.05, 4.69) is 25.1 Å². The Hall–Kier alpha value is -2.44. The average Bonchev–Trinajstić information content (AvgIpc) is 2.74. The minimum Gasteiger partial charge on any atom is -0.463 e. The lowest BCUT2D eigenvalue weighted by Gasteiger charge is -2.03. The largest absolute Gasteiger partial charge is 0.463 e. The van der Waals surface area contributed by atoms with E-state index in [9.17, 15) is 4.79 Å². The van der Waals surface area contributed by atoms with Crippen molar-refractivity contribution < 1.29 is 9.53 Å². The van der Waals surface area contributed by atoms with Crippen LogP contribution in [-0.4, -0.2) is 32.8 Å². The molecule has 0 fully saturated rings. The summed E-state index contributed by atoms with van der Waals surface area (Å²) in [6, 6.07) is 1.65. The van der Waals surface area contributed by atoms with E-state index in [1.165, 1.54) is 13.3 Å². The van der Waals surface area contributed by atoms with Crippen LogP contribution in [0, 0.1) is 0 Å². The van der Waals surface area contributed by atoms with E-state index in [0.717, 1.165) is 5.69 Å². The van der Waals surface area contributed by atoms with E-state index < -0.39 is 5.97 Å². The summed E-state index contributed by atoms with van der Waals surface area (Å²) < 4.78 is 6.19. The van der Waals surface area contributed by atoms with Gasteiger partial charge in [-0.1, -0.05) is 0 Å². The summed E-state index contributed by atoms with van der Waals surface area (Å²) in [5, 5.41) is 7.01. The Labute approximate surface area is 97.5 Å². The van der Waals surface area contributed by atoms with Crippen molar-refractivity contribution in [1.82, 2.24) is 19.7 Å². The standard InChI is InChI=1S/C10H11N5O2/c1-15-6-7(5-12-15)13-8-3-4-11-9(14-8)10(16)17-2/h3-6H,1-2H3,(H,11,13,14). The predicted octanol–water partition coefficient (Wildman–Crippen LogP) is 0.740. The highest BCUT2D eigenvalue weighted by Crippen LogP contribution is 2.12. The van der Waals surface area contributed by atoms with E-state index in [-0.39, 0.29) is 5.82 Å². The summed E-state index contributed by atoms with van der Waals surface area (Å²) in [6.07, 6.45) is 4.93. The number of nitrogens with one attached hydrogen (secondary N) is 1. The van der Waals surface area contributed by atoms with E-state index >= 15 is 0 Å². The molecule has 0 aliphatic carbocycles.